The van der Waals surface area contributed by atoms with E-state index >= 15 is 0 Å². The van der Waals surface area contributed by atoms with Crippen molar-refractivity contribution in [2.75, 3.05) is 25.6 Å². The van der Waals surface area contributed by atoms with Crippen molar-refractivity contribution in [2.24, 2.45) is 0 Å². The highest BCUT2D eigenvalue weighted by Gasteiger charge is 2.12. The minimum absolute atomic E-state index is 0.0375. The third kappa shape index (κ3) is 7.09. The lowest BCUT2D eigenvalue weighted by Crippen LogP contribution is -2.13. The zero-order valence-corrected chi connectivity index (χ0v) is 19.6. The van der Waals surface area contributed by atoms with Crippen LogP contribution in [0.25, 0.3) is 6.08 Å². The quantitative estimate of drug-likeness (QED) is 0.254. The number of nitrogens with zero attached hydrogens (tertiary/aromatic N) is 2. The minimum Gasteiger partial charge on any atom is -0.493 e. The Hall–Kier alpha value is -3.83. The zero-order valence-electron chi connectivity index (χ0n) is 18.8. The lowest BCUT2D eigenvalue weighted by molar-refractivity contribution is -0.112. The van der Waals surface area contributed by atoms with E-state index in [1.165, 1.54) is 28.5 Å². The molecule has 1 N–H and O–H groups in total. The molecule has 0 saturated heterocycles. The Bertz CT molecular complexity index is 1150. The summed E-state index contributed by atoms with van der Waals surface area (Å²) in [5.74, 6) is 1.42. The van der Waals surface area contributed by atoms with Gasteiger partial charge in [-0.05, 0) is 60.9 Å². The fraction of sp³-hybridized carbons (Fsp3) is 0.240. The molecule has 0 aliphatic carbocycles. The number of amides is 1. The number of benzene rings is 2. The molecule has 0 aliphatic rings. The van der Waals surface area contributed by atoms with Gasteiger partial charge in [0.15, 0.2) is 16.6 Å². The number of anilines is 1. The Morgan fingerprint density at radius 2 is 1.88 bits per heavy atom. The van der Waals surface area contributed by atoms with Gasteiger partial charge in [-0.1, -0.05) is 12.1 Å². The molecule has 3 rings (SSSR count). The molecule has 33 heavy (non-hydrogen) atoms. The third-order valence-corrected chi connectivity index (χ3v) is 5.22. The maximum atomic E-state index is 12.3. The van der Waals surface area contributed by atoms with Crippen LogP contribution in [0.15, 0.2) is 53.5 Å². The molecule has 170 valence electrons. The summed E-state index contributed by atoms with van der Waals surface area (Å²) >= 11 is 1.28. The molecule has 1 amide bonds. The van der Waals surface area contributed by atoms with Gasteiger partial charge in [-0.3, -0.25) is 10.1 Å². The van der Waals surface area contributed by atoms with Crippen molar-refractivity contribution >= 4 is 28.5 Å². The summed E-state index contributed by atoms with van der Waals surface area (Å²) in [7, 11) is 1.54. The molecule has 0 bridgehead atoms. The molecule has 0 spiro atoms. The summed E-state index contributed by atoms with van der Waals surface area (Å²) in [6, 6.07) is 13.3. The molecule has 7 nitrogen and oxygen atoms in total. The highest BCUT2D eigenvalue weighted by atomic mass is 32.1. The molecule has 0 fully saturated rings. The van der Waals surface area contributed by atoms with Gasteiger partial charge in [0, 0.05) is 18.0 Å². The highest BCUT2D eigenvalue weighted by Crippen LogP contribution is 2.29. The standard InChI is InChI=1S/C25H25N3O4S/c1-17-11-18(2)13-21(12-17)31-8-4-9-32-22-6-5-19(15-23(22)30-3)14-20(16-26)24(29)28-25-27-7-10-33-25/h5-7,10-15H,4,8-9H2,1-3H3,(H,27,28,29)/b20-14-. The van der Waals surface area contributed by atoms with Crippen LogP contribution in [0.4, 0.5) is 5.13 Å². The average Bonchev–Trinajstić information content (AvgIpc) is 3.30. The Morgan fingerprint density at radius 3 is 2.55 bits per heavy atom. The van der Waals surface area contributed by atoms with Crippen LogP contribution < -0.4 is 19.5 Å². The lowest BCUT2D eigenvalue weighted by Gasteiger charge is -2.12. The third-order valence-electron chi connectivity index (χ3n) is 4.53. The first-order valence-electron chi connectivity index (χ1n) is 10.3. The van der Waals surface area contributed by atoms with E-state index in [2.05, 4.69) is 16.4 Å². The Labute approximate surface area is 197 Å². The summed E-state index contributed by atoms with van der Waals surface area (Å²) in [5.41, 5.74) is 2.94. The number of thiazole rings is 1. The van der Waals surface area contributed by atoms with Crippen LogP contribution in [0.3, 0.4) is 0 Å². The maximum absolute atomic E-state index is 12.3. The molecule has 1 heterocycles. The number of rotatable bonds is 10. The monoisotopic (exact) mass is 463 g/mol. The van der Waals surface area contributed by atoms with Gasteiger partial charge in [0.2, 0.25) is 0 Å². The fourth-order valence-corrected chi connectivity index (χ4v) is 3.63. The lowest BCUT2D eigenvalue weighted by atomic mass is 10.1. The fourth-order valence-electron chi connectivity index (χ4n) is 3.11. The molecule has 0 aliphatic heterocycles. The second-order valence-corrected chi connectivity index (χ2v) is 8.14. The number of carbonyl (C=O) groups excluding carboxylic acids is 1. The van der Waals surface area contributed by atoms with Crippen LogP contribution in [0.2, 0.25) is 0 Å². The van der Waals surface area contributed by atoms with Crippen molar-refractivity contribution in [1.29, 1.82) is 5.26 Å². The maximum Gasteiger partial charge on any atom is 0.268 e. The van der Waals surface area contributed by atoms with Gasteiger partial charge in [-0.2, -0.15) is 5.26 Å². The minimum atomic E-state index is -0.518. The van der Waals surface area contributed by atoms with Gasteiger partial charge >= 0.3 is 0 Å². The molecule has 0 unspecified atom stereocenters. The molecule has 0 radical (unpaired) electrons. The first kappa shape index (κ1) is 23.8. The smallest absolute Gasteiger partial charge is 0.268 e. The number of aryl methyl sites for hydroxylation is 2. The summed E-state index contributed by atoms with van der Waals surface area (Å²) in [6.45, 7) is 5.07. The number of hydrogen-bond donors (Lipinski definition) is 1. The second kappa shape index (κ2) is 11.7. The largest absolute Gasteiger partial charge is 0.493 e. The van der Waals surface area contributed by atoms with Crippen LogP contribution in [0, 0.1) is 25.2 Å². The van der Waals surface area contributed by atoms with Gasteiger partial charge in [-0.15, -0.1) is 11.3 Å². The van der Waals surface area contributed by atoms with Crippen LogP contribution in [0.1, 0.15) is 23.1 Å². The first-order chi connectivity index (χ1) is 16.0. The predicted octanol–water partition coefficient (Wildman–Crippen LogP) is 5.16. The van der Waals surface area contributed by atoms with E-state index in [1.54, 1.807) is 36.9 Å². The molecule has 8 heteroatoms. The van der Waals surface area contributed by atoms with Crippen molar-refractivity contribution in [3.63, 3.8) is 0 Å². The normalized spacial score (nSPS) is 10.9. The van der Waals surface area contributed by atoms with E-state index in [0.717, 1.165) is 5.75 Å². The molecular formula is C25H25N3O4S. The van der Waals surface area contributed by atoms with Crippen molar-refractivity contribution in [1.82, 2.24) is 4.98 Å². The van der Waals surface area contributed by atoms with Crippen LogP contribution in [-0.4, -0.2) is 31.2 Å². The molecular weight excluding hydrogens is 438 g/mol. The molecule has 0 atom stereocenters. The second-order valence-electron chi connectivity index (χ2n) is 7.25. The molecule has 2 aromatic carbocycles. The number of carbonyl (C=O) groups is 1. The SMILES string of the molecule is COc1cc(/C=C(/C#N)C(=O)Nc2nccs2)ccc1OCCCOc1cc(C)cc(C)c1. The van der Waals surface area contributed by atoms with Gasteiger partial charge in [0.25, 0.3) is 5.91 Å². The highest BCUT2D eigenvalue weighted by molar-refractivity contribution is 7.13. The van der Waals surface area contributed by atoms with E-state index in [4.69, 9.17) is 14.2 Å². The molecule has 1 aromatic heterocycles. The number of methoxy groups -OCH3 is 1. The van der Waals surface area contributed by atoms with Crippen LogP contribution >= 0.6 is 11.3 Å². The number of nitriles is 1. The van der Waals surface area contributed by atoms with Gasteiger partial charge in [-0.25, -0.2) is 4.98 Å². The predicted molar refractivity (Wildman–Crippen MR) is 129 cm³/mol. The van der Waals surface area contributed by atoms with Crippen LogP contribution in [0.5, 0.6) is 17.2 Å². The molecule has 0 saturated carbocycles. The Morgan fingerprint density at radius 1 is 1.12 bits per heavy atom. The van der Waals surface area contributed by atoms with E-state index in [1.807, 2.05) is 32.0 Å². The van der Waals surface area contributed by atoms with Crippen molar-refractivity contribution in [3.8, 4) is 23.3 Å². The number of aromatic nitrogens is 1. The van der Waals surface area contributed by atoms with E-state index in [9.17, 15) is 10.1 Å². The first-order valence-corrected chi connectivity index (χ1v) is 11.2. The van der Waals surface area contributed by atoms with Crippen molar-refractivity contribution in [3.05, 3.63) is 70.2 Å². The number of hydrogen-bond acceptors (Lipinski definition) is 7. The summed E-state index contributed by atoms with van der Waals surface area (Å²) in [6.07, 6.45) is 3.77. The number of ether oxygens (including phenoxy) is 3. The molecule has 3 aromatic rings. The Kier molecular flexibility index (Phi) is 8.44. The van der Waals surface area contributed by atoms with Crippen molar-refractivity contribution in [2.45, 2.75) is 20.3 Å². The summed E-state index contributed by atoms with van der Waals surface area (Å²) in [4.78, 5) is 16.3. The Balaban J connectivity index is 1.56. The van der Waals surface area contributed by atoms with E-state index < -0.39 is 5.91 Å². The summed E-state index contributed by atoms with van der Waals surface area (Å²) in [5, 5.41) is 14.2. The summed E-state index contributed by atoms with van der Waals surface area (Å²) < 4.78 is 17.1. The van der Waals surface area contributed by atoms with Gasteiger partial charge in [0.05, 0.1) is 20.3 Å². The topological polar surface area (TPSA) is 93.5 Å². The van der Waals surface area contributed by atoms with E-state index in [0.29, 0.717) is 41.8 Å². The van der Waals surface area contributed by atoms with Crippen molar-refractivity contribution < 1.29 is 19.0 Å². The van der Waals surface area contributed by atoms with Gasteiger partial charge in [0.1, 0.15) is 17.4 Å². The van der Waals surface area contributed by atoms with Crippen LogP contribution in [-0.2, 0) is 4.79 Å². The van der Waals surface area contributed by atoms with Gasteiger partial charge < -0.3 is 14.2 Å². The zero-order chi connectivity index (χ0) is 23.6. The van der Waals surface area contributed by atoms with E-state index in [-0.39, 0.29) is 5.57 Å². The average molecular weight is 464 g/mol. The number of nitrogens with one attached hydrogen (secondary N) is 1.